The zero-order valence-corrected chi connectivity index (χ0v) is 11.7. The molecule has 19 heavy (non-hydrogen) atoms. The van der Waals surface area contributed by atoms with Gasteiger partial charge in [-0.05, 0) is 11.6 Å². The van der Waals surface area contributed by atoms with Gasteiger partial charge in [0.1, 0.15) is 5.75 Å². The lowest BCUT2D eigenvalue weighted by Gasteiger charge is -2.16. The summed E-state index contributed by atoms with van der Waals surface area (Å²) in [5, 5.41) is 12.5. The molecule has 0 amide bonds. The predicted octanol–water partition coefficient (Wildman–Crippen LogP) is 1.42. The minimum Gasteiger partial charge on any atom is -0.495 e. The van der Waals surface area contributed by atoms with Gasteiger partial charge in [-0.25, -0.2) is 0 Å². The molecule has 0 aliphatic rings. The molecule has 0 aliphatic heterocycles. The Hall–Kier alpha value is -1.46. The molecule has 1 atom stereocenters. The molecule has 0 bridgehead atoms. The number of para-hydroxylation sites is 1. The van der Waals surface area contributed by atoms with Gasteiger partial charge in [-0.2, -0.15) is 0 Å². The first-order valence-corrected chi connectivity index (χ1v) is 6.36. The SMILES string of the molecule is COC(=O)Cc1cccc(OC)c1NCC(O)CCl. The minimum atomic E-state index is -0.669. The van der Waals surface area contributed by atoms with Crippen molar-refractivity contribution < 1.29 is 19.4 Å². The monoisotopic (exact) mass is 287 g/mol. The first kappa shape index (κ1) is 15.6. The first-order chi connectivity index (χ1) is 9.12. The number of esters is 1. The summed E-state index contributed by atoms with van der Waals surface area (Å²) in [6, 6.07) is 5.37. The Morgan fingerprint density at radius 1 is 1.47 bits per heavy atom. The van der Waals surface area contributed by atoms with Crippen molar-refractivity contribution in [3.05, 3.63) is 23.8 Å². The molecule has 0 radical (unpaired) electrons. The van der Waals surface area contributed by atoms with Crippen molar-refractivity contribution in [2.24, 2.45) is 0 Å². The molecule has 0 fully saturated rings. The Kier molecular flexibility index (Phi) is 6.45. The molecular weight excluding hydrogens is 270 g/mol. The van der Waals surface area contributed by atoms with Gasteiger partial charge >= 0.3 is 5.97 Å². The van der Waals surface area contributed by atoms with Gasteiger partial charge < -0.3 is 19.9 Å². The van der Waals surface area contributed by atoms with Crippen LogP contribution in [0.2, 0.25) is 0 Å². The highest BCUT2D eigenvalue weighted by Gasteiger charge is 2.13. The second-order valence-electron chi connectivity index (χ2n) is 3.94. The van der Waals surface area contributed by atoms with E-state index in [1.807, 2.05) is 0 Å². The van der Waals surface area contributed by atoms with Gasteiger partial charge in [-0.3, -0.25) is 4.79 Å². The average Bonchev–Trinajstić information content (AvgIpc) is 2.44. The molecule has 1 aromatic rings. The van der Waals surface area contributed by atoms with Crippen LogP contribution in [0.25, 0.3) is 0 Å². The smallest absolute Gasteiger partial charge is 0.310 e. The summed E-state index contributed by atoms with van der Waals surface area (Å²) in [6.45, 7) is 0.276. The Bertz CT molecular complexity index is 425. The van der Waals surface area contributed by atoms with E-state index >= 15 is 0 Å². The second kappa shape index (κ2) is 7.86. The van der Waals surface area contributed by atoms with Crippen LogP contribution in [0.3, 0.4) is 0 Å². The van der Waals surface area contributed by atoms with E-state index in [0.29, 0.717) is 11.4 Å². The summed E-state index contributed by atoms with van der Waals surface area (Å²) in [4.78, 5) is 11.4. The molecule has 5 nitrogen and oxygen atoms in total. The predicted molar refractivity (Wildman–Crippen MR) is 73.9 cm³/mol. The number of nitrogens with one attached hydrogen (secondary N) is 1. The number of carbonyl (C=O) groups excluding carboxylic acids is 1. The summed E-state index contributed by atoms with van der Waals surface area (Å²) >= 11 is 5.54. The van der Waals surface area contributed by atoms with Crippen LogP contribution in [-0.4, -0.2) is 43.8 Å². The number of aliphatic hydroxyl groups is 1. The van der Waals surface area contributed by atoms with E-state index in [0.717, 1.165) is 5.56 Å². The Labute approximate surface area is 117 Å². The standard InChI is InChI=1S/C13H18ClNO4/c1-18-11-5-3-4-9(6-12(17)19-2)13(11)15-8-10(16)7-14/h3-5,10,15-16H,6-8H2,1-2H3. The fourth-order valence-electron chi connectivity index (χ4n) is 1.60. The van der Waals surface area contributed by atoms with Gasteiger partial charge in [-0.1, -0.05) is 12.1 Å². The number of ether oxygens (including phenoxy) is 2. The third kappa shape index (κ3) is 4.61. The lowest BCUT2D eigenvalue weighted by molar-refractivity contribution is -0.139. The Morgan fingerprint density at radius 3 is 2.79 bits per heavy atom. The number of halogens is 1. The van der Waals surface area contributed by atoms with Crippen molar-refractivity contribution in [2.75, 3.05) is 32.0 Å². The van der Waals surface area contributed by atoms with E-state index in [1.54, 1.807) is 25.3 Å². The van der Waals surface area contributed by atoms with Crippen LogP contribution in [-0.2, 0) is 16.0 Å². The molecule has 6 heteroatoms. The lowest BCUT2D eigenvalue weighted by atomic mass is 10.1. The zero-order chi connectivity index (χ0) is 14.3. The molecule has 1 aromatic carbocycles. The van der Waals surface area contributed by atoms with Crippen LogP contribution in [0.1, 0.15) is 5.56 Å². The molecule has 1 unspecified atom stereocenters. The summed E-state index contributed by atoms with van der Waals surface area (Å²) in [7, 11) is 2.88. The quantitative estimate of drug-likeness (QED) is 0.586. The molecule has 0 heterocycles. The van der Waals surface area contributed by atoms with Gasteiger partial charge in [0.2, 0.25) is 0 Å². The third-order valence-electron chi connectivity index (χ3n) is 2.59. The Morgan fingerprint density at radius 2 is 2.21 bits per heavy atom. The van der Waals surface area contributed by atoms with Gasteiger partial charge in [0.25, 0.3) is 0 Å². The van der Waals surface area contributed by atoms with E-state index in [1.165, 1.54) is 7.11 Å². The summed E-state index contributed by atoms with van der Waals surface area (Å²) in [5.74, 6) is 0.395. The third-order valence-corrected chi connectivity index (χ3v) is 2.94. The molecule has 1 rings (SSSR count). The summed E-state index contributed by atoms with van der Waals surface area (Å²) in [5.41, 5.74) is 1.41. The number of aliphatic hydroxyl groups excluding tert-OH is 1. The maximum Gasteiger partial charge on any atom is 0.310 e. The van der Waals surface area contributed by atoms with Crippen molar-refractivity contribution >= 4 is 23.3 Å². The van der Waals surface area contributed by atoms with E-state index in [2.05, 4.69) is 10.1 Å². The highest BCUT2D eigenvalue weighted by Crippen LogP contribution is 2.28. The largest absolute Gasteiger partial charge is 0.495 e. The fraction of sp³-hybridized carbons (Fsp3) is 0.462. The van der Waals surface area contributed by atoms with Crippen molar-refractivity contribution in [2.45, 2.75) is 12.5 Å². The molecular formula is C13H18ClNO4. The van der Waals surface area contributed by atoms with Gasteiger partial charge in [0, 0.05) is 6.54 Å². The molecule has 0 saturated heterocycles. The van der Waals surface area contributed by atoms with Crippen LogP contribution in [0, 0.1) is 0 Å². The number of hydrogen-bond donors (Lipinski definition) is 2. The van der Waals surface area contributed by atoms with Crippen molar-refractivity contribution in [3.63, 3.8) is 0 Å². The highest BCUT2D eigenvalue weighted by molar-refractivity contribution is 6.18. The molecule has 106 valence electrons. The van der Waals surface area contributed by atoms with Crippen LogP contribution in [0.5, 0.6) is 5.75 Å². The van der Waals surface area contributed by atoms with Crippen LogP contribution in [0.15, 0.2) is 18.2 Å². The van der Waals surface area contributed by atoms with E-state index < -0.39 is 6.10 Å². The van der Waals surface area contributed by atoms with Crippen molar-refractivity contribution in [3.8, 4) is 5.75 Å². The van der Waals surface area contributed by atoms with E-state index in [-0.39, 0.29) is 24.8 Å². The normalized spacial score (nSPS) is 11.8. The minimum absolute atomic E-state index is 0.132. The molecule has 0 aromatic heterocycles. The van der Waals surface area contributed by atoms with Gasteiger partial charge in [-0.15, -0.1) is 11.6 Å². The van der Waals surface area contributed by atoms with Crippen LogP contribution >= 0.6 is 11.6 Å². The maximum absolute atomic E-state index is 11.4. The summed E-state index contributed by atoms with van der Waals surface area (Å²) < 4.78 is 9.89. The number of hydrogen-bond acceptors (Lipinski definition) is 5. The van der Waals surface area contributed by atoms with Crippen molar-refractivity contribution in [1.29, 1.82) is 0 Å². The topological polar surface area (TPSA) is 67.8 Å². The fourth-order valence-corrected chi connectivity index (χ4v) is 1.71. The zero-order valence-electron chi connectivity index (χ0n) is 11.0. The number of alkyl halides is 1. The summed E-state index contributed by atoms with van der Waals surface area (Å²) in [6.07, 6.45) is -0.537. The lowest BCUT2D eigenvalue weighted by Crippen LogP contribution is -2.22. The average molecular weight is 288 g/mol. The molecule has 0 spiro atoms. The Balaban J connectivity index is 2.92. The maximum atomic E-state index is 11.4. The van der Waals surface area contributed by atoms with Crippen LogP contribution < -0.4 is 10.1 Å². The number of carbonyl (C=O) groups is 1. The number of rotatable bonds is 7. The molecule has 0 saturated carbocycles. The van der Waals surface area contributed by atoms with Gasteiger partial charge in [0.15, 0.2) is 0 Å². The van der Waals surface area contributed by atoms with Gasteiger partial charge in [0.05, 0.1) is 38.3 Å². The van der Waals surface area contributed by atoms with Crippen LogP contribution in [0.4, 0.5) is 5.69 Å². The first-order valence-electron chi connectivity index (χ1n) is 5.83. The van der Waals surface area contributed by atoms with E-state index in [9.17, 15) is 9.90 Å². The molecule has 0 aliphatic carbocycles. The van der Waals surface area contributed by atoms with E-state index in [4.69, 9.17) is 16.3 Å². The number of benzene rings is 1. The number of methoxy groups -OCH3 is 2. The second-order valence-corrected chi connectivity index (χ2v) is 4.24. The highest BCUT2D eigenvalue weighted by atomic mass is 35.5. The number of anilines is 1. The molecule has 2 N–H and O–H groups in total. The van der Waals surface area contributed by atoms with Crippen molar-refractivity contribution in [1.82, 2.24) is 0 Å².